The van der Waals surface area contributed by atoms with Crippen LogP contribution in [0.2, 0.25) is 0 Å². The van der Waals surface area contributed by atoms with Gasteiger partial charge in [0.25, 0.3) is 0 Å². The van der Waals surface area contributed by atoms with Gasteiger partial charge in [0.2, 0.25) is 0 Å². The molecule has 0 amide bonds. The van der Waals surface area contributed by atoms with Crippen molar-refractivity contribution in [2.75, 3.05) is 33.0 Å². The van der Waals surface area contributed by atoms with Gasteiger partial charge in [-0.05, 0) is 68.1 Å². The SMILES string of the molecule is C=C(C)C(=O)OCC(COC(=O)C(=C)C)COc1ccc(-c2ccc(OCCCCCCCCOC(=O)c3ccnn3C)cc2)cc1. The lowest BCUT2D eigenvalue weighted by Crippen LogP contribution is -2.26. The highest BCUT2D eigenvalue weighted by Crippen LogP contribution is 2.25. The second-order valence-corrected chi connectivity index (χ2v) is 11.4. The van der Waals surface area contributed by atoms with Crippen molar-refractivity contribution in [1.82, 2.24) is 9.78 Å². The molecule has 0 aliphatic rings. The van der Waals surface area contributed by atoms with E-state index in [1.54, 1.807) is 33.2 Å². The van der Waals surface area contributed by atoms with Crippen molar-refractivity contribution in [1.29, 1.82) is 0 Å². The van der Waals surface area contributed by atoms with Gasteiger partial charge in [0, 0.05) is 24.4 Å². The van der Waals surface area contributed by atoms with Crippen LogP contribution in [0.1, 0.15) is 62.9 Å². The first-order valence-electron chi connectivity index (χ1n) is 15.9. The molecule has 0 aliphatic carbocycles. The summed E-state index contributed by atoms with van der Waals surface area (Å²) in [5, 5.41) is 3.98. The Bertz CT molecular complexity index is 1430. The maximum atomic E-state index is 12.0. The molecule has 1 heterocycles. The number of rotatable bonds is 21. The molecule has 0 radical (unpaired) electrons. The van der Waals surface area contributed by atoms with E-state index in [2.05, 4.69) is 18.3 Å². The van der Waals surface area contributed by atoms with Gasteiger partial charge in [-0.25, -0.2) is 14.4 Å². The van der Waals surface area contributed by atoms with E-state index in [0.29, 0.717) is 24.7 Å². The molecule has 0 spiro atoms. The van der Waals surface area contributed by atoms with Crippen molar-refractivity contribution in [2.24, 2.45) is 13.0 Å². The molecule has 10 heteroatoms. The molecular weight excluding hydrogens is 600 g/mol. The van der Waals surface area contributed by atoms with Crippen molar-refractivity contribution < 1.29 is 38.1 Å². The standard InChI is InChI=1S/C37H46N2O8/c1-27(2)35(40)46-25-29(26-47-36(41)28(3)4)24-45-33-18-14-31(15-19-33)30-12-16-32(17-13-30)43-22-10-8-6-7-9-11-23-44-37(42)34-20-21-38-39(34)5/h12-21,29H,1,3,6-11,22-26H2,2,4-5H3. The van der Waals surface area contributed by atoms with Crippen molar-refractivity contribution in [3.63, 3.8) is 0 Å². The lowest BCUT2D eigenvalue weighted by molar-refractivity contribution is -0.144. The third kappa shape index (κ3) is 13.2. The molecule has 0 N–H and O–H groups in total. The summed E-state index contributed by atoms with van der Waals surface area (Å²) < 4.78 is 29.2. The van der Waals surface area contributed by atoms with Gasteiger partial charge in [0.1, 0.15) is 30.4 Å². The van der Waals surface area contributed by atoms with E-state index in [1.807, 2.05) is 48.5 Å². The maximum absolute atomic E-state index is 12.0. The largest absolute Gasteiger partial charge is 0.494 e. The number of ether oxygens (including phenoxy) is 5. The third-order valence-electron chi connectivity index (χ3n) is 7.20. The maximum Gasteiger partial charge on any atom is 0.356 e. The van der Waals surface area contributed by atoms with Gasteiger partial charge in [-0.1, -0.05) is 63.1 Å². The summed E-state index contributed by atoms with van der Waals surface area (Å²) in [6.07, 6.45) is 7.73. The fourth-order valence-electron chi connectivity index (χ4n) is 4.39. The molecular formula is C37H46N2O8. The first-order valence-corrected chi connectivity index (χ1v) is 15.9. The summed E-state index contributed by atoms with van der Waals surface area (Å²) in [5.41, 5.74) is 3.12. The van der Waals surface area contributed by atoms with Gasteiger partial charge in [-0.3, -0.25) is 4.68 Å². The van der Waals surface area contributed by atoms with Crippen LogP contribution in [-0.4, -0.2) is 60.7 Å². The van der Waals surface area contributed by atoms with E-state index >= 15 is 0 Å². The molecule has 252 valence electrons. The Morgan fingerprint density at radius 3 is 1.64 bits per heavy atom. The topological polar surface area (TPSA) is 115 Å². The Hall–Kier alpha value is -4.86. The summed E-state index contributed by atoms with van der Waals surface area (Å²) in [5.74, 6) is -0.247. The van der Waals surface area contributed by atoms with Gasteiger partial charge >= 0.3 is 17.9 Å². The van der Waals surface area contributed by atoms with Crippen molar-refractivity contribution in [2.45, 2.75) is 52.4 Å². The van der Waals surface area contributed by atoms with Crippen molar-refractivity contribution in [3.8, 4) is 22.6 Å². The fourth-order valence-corrected chi connectivity index (χ4v) is 4.39. The first kappa shape index (κ1) is 36.6. The highest BCUT2D eigenvalue weighted by atomic mass is 16.6. The van der Waals surface area contributed by atoms with Crippen LogP contribution in [0.25, 0.3) is 11.1 Å². The predicted molar refractivity (Wildman–Crippen MR) is 179 cm³/mol. The van der Waals surface area contributed by atoms with E-state index in [-0.39, 0.29) is 42.9 Å². The quantitative estimate of drug-likeness (QED) is 0.0528. The lowest BCUT2D eigenvalue weighted by atomic mass is 10.1. The minimum Gasteiger partial charge on any atom is -0.494 e. The molecule has 0 bridgehead atoms. The summed E-state index contributed by atoms with van der Waals surface area (Å²) in [6.45, 7) is 11.6. The predicted octanol–water partition coefficient (Wildman–Crippen LogP) is 6.90. The molecule has 0 saturated carbocycles. The zero-order valence-corrected chi connectivity index (χ0v) is 27.7. The highest BCUT2D eigenvalue weighted by molar-refractivity contribution is 5.88. The molecule has 47 heavy (non-hydrogen) atoms. The smallest absolute Gasteiger partial charge is 0.356 e. The summed E-state index contributed by atoms with van der Waals surface area (Å²) >= 11 is 0. The van der Waals surface area contributed by atoms with Crippen LogP contribution >= 0.6 is 0 Å². The second-order valence-electron chi connectivity index (χ2n) is 11.4. The van der Waals surface area contributed by atoms with E-state index < -0.39 is 11.9 Å². The average molecular weight is 647 g/mol. The van der Waals surface area contributed by atoms with Crippen LogP contribution in [0.4, 0.5) is 0 Å². The van der Waals surface area contributed by atoms with Gasteiger partial charge in [-0.2, -0.15) is 5.10 Å². The zero-order valence-electron chi connectivity index (χ0n) is 27.7. The van der Waals surface area contributed by atoms with Crippen LogP contribution in [0.5, 0.6) is 11.5 Å². The molecule has 0 fully saturated rings. The molecule has 0 atom stereocenters. The molecule has 3 rings (SSSR count). The minimum atomic E-state index is -0.510. The van der Waals surface area contributed by atoms with Crippen LogP contribution in [0.15, 0.2) is 85.1 Å². The first-order chi connectivity index (χ1) is 22.6. The summed E-state index contributed by atoms with van der Waals surface area (Å²) in [7, 11) is 1.72. The Labute approximate surface area is 277 Å². The number of carbonyl (C=O) groups excluding carboxylic acids is 3. The number of carbonyl (C=O) groups is 3. The second kappa shape index (κ2) is 19.6. The number of unbranched alkanes of at least 4 members (excludes halogenated alkanes) is 5. The van der Waals surface area contributed by atoms with Crippen LogP contribution in [0.3, 0.4) is 0 Å². The number of nitrogens with zero attached hydrogens (tertiary/aromatic N) is 2. The van der Waals surface area contributed by atoms with Crippen molar-refractivity contribution >= 4 is 17.9 Å². The Balaban J connectivity index is 1.32. The monoisotopic (exact) mass is 646 g/mol. The van der Waals surface area contributed by atoms with E-state index in [9.17, 15) is 14.4 Å². The summed E-state index contributed by atoms with van der Waals surface area (Å²) in [6, 6.07) is 17.3. The number of aryl methyl sites for hydroxylation is 1. The molecule has 0 aliphatic heterocycles. The Morgan fingerprint density at radius 2 is 1.15 bits per heavy atom. The number of aromatic nitrogens is 2. The lowest BCUT2D eigenvalue weighted by Gasteiger charge is -2.18. The third-order valence-corrected chi connectivity index (χ3v) is 7.20. The van der Waals surface area contributed by atoms with E-state index in [0.717, 1.165) is 55.4 Å². The molecule has 1 aromatic heterocycles. The Morgan fingerprint density at radius 1 is 0.660 bits per heavy atom. The van der Waals surface area contributed by atoms with E-state index in [1.165, 1.54) is 4.68 Å². The number of hydrogen-bond acceptors (Lipinski definition) is 9. The normalized spacial score (nSPS) is 10.7. The zero-order chi connectivity index (χ0) is 34.0. The van der Waals surface area contributed by atoms with Crippen molar-refractivity contribution in [3.05, 3.63) is 90.8 Å². The molecule has 2 aromatic carbocycles. The van der Waals surface area contributed by atoms with Gasteiger partial charge in [0.15, 0.2) is 0 Å². The van der Waals surface area contributed by atoms with Gasteiger partial charge in [-0.15, -0.1) is 0 Å². The Kier molecular flexibility index (Phi) is 15.3. The fraction of sp³-hybridized carbons (Fsp3) is 0.405. The average Bonchev–Trinajstić information content (AvgIpc) is 3.51. The van der Waals surface area contributed by atoms with Crippen LogP contribution in [-0.2, 0) is 30.8 Å². The minimum absolute atomic E-state index is 0.0237. The number of esters is 3. The van der Waals surface area contributed by atoms with Crippen LogP contribution in [0, 0.1) is 5.92 Å². The highest BCUT2D eigenvalue weighted by Gasteiger charge is 2.17. The molecule has 0 saturated heterocycles. The molecule has 10 nitrogen and oxygen atoms in total. The van der Waals surface area contributed by atoms with Gasteiger partial charge < -0.3 is 23.7 Å². The molecule has 0 unspecified atom stereocenters. The number of hydrogen-bond donors (Lipinski definition) is 0. The molecule has 3 aromatic rings. The van der Waals surface area contributed by atoms with Gasteiger partial charge in [0.05, 0.1) is 25.7 Å². The van der Waals surface area contributed by atoms with Crippen LogP contribution < -0.4 is 9.47 Å². The number of benzene rings is 2. The van der Waals surface area contributed by atoms with E-state index in [4.69, 9.17) is 23.7 Å². The summed E-state index contributed by atoms with van der Waals surface area (Å²) in [4.78, 5) is 35.6.